The van der Waals surface area contributed by atoms with Crippen molar-refractivity contribution in [2.75, 3.05) is 0 Å². The molecule has 2 aromatic rings. The summed E-state index contributed by atoms with van der Waals surface area (Å²) in [5, 5.41) is 17.2. The van der Waals surface area contributed by atoms with Gasteiger partial charge in [0.25, 0.3) is 0 Å². The molecule has 0 aromatic heterocycles. The van der Waals surface area contributed by atoms with Gasteiger partial charge in [-0.05, 0) is 123 Å². The van der Waals surface area contributed by atoms with Crippen LogP contribution >= 0.6 is 23.5 Å². The normalized spacial score (nSPS) is 30.3. The average Bonchev–Trinajstić information content (AvgIpc) is 4.04. The lowest BCUT2D eigenvalue weighted by Gasteiger charge is -2.46. The molecule has 16 heteroatoms. The summed E-state index contributed by atoms with van der Waals surface area (Å²) in [6.07, 6.45) is 9.70. The second kappa shape index (κ2) is 14.7. The fourth-order valence-corrected chi connectivity index (χ4v) is 14.1. The number of rotatable bonds is 2. The Morgan fingerprint density at radius 3 is 1.61 bits per heavy atom. The van der Waals surface area contributed by atoms with E-state index < -0.39 is 68.9 Å². The Balaban J connectivity index is 0.885. The number of aliphatic hydroxyl groups excluding tert-OH is 1. The number of halogens is 6. The first-order chi connectivity index (χ1) is 31.5. The molecule has 6 aliphatic carbocycles. The number of carbonyl (C=O) groups is 3. The van der Waals surface area contributed by atoms with Crippen LogP contribution in [0.5, 0.6) is 0 Å². The summed E-state index contributed by atoms with van der Waals surface area (Å²) in [5.74, 6) is -1.18. The molecule has 2 aromatic carbocycles. The number of thioether (sulfide) groups is 2. The van der Waals surface area contributed by atoms with Gasteiger partial charge in [-0.15, -0.1) is 0 Å². The van der Waals surface area contributed by atoms with Crippen molar-refractivity contribution in [1.29, 1.82) is 0 Å². The van der Waals surface area contributed by atoms with Gasteiger partial charge in [-0.3, -0.25) is 14.4 Å². The van der Waals surface area contributed by atoms with Crippen molar-refractivity contribution >= 4 is 52.0 Å². The van der Waals surface area contributed by atoms with Crippen LogP contribution in [0.3, 0.4) is 0 Å². The van der Waals surface area contributed by atoms with E-state index in [0.29, 0.717) is 5.76 Å². The van der Waals surface area contributed by atoms with Crippen molar-refractivity contribution in [2.45, 2.75) is 105 Å². The molecule has 12 rings (SSSR count). The van der Waals surface area contributed by atoms with E-state index in [1.165, 1.54) is 23.5 Å². The molecular formula is C50H40F6N2O6S2. The number of ether oxygens (including phenoxy) is 2. The molecule has 2 fully saturated rings. The Morgan fingerprint density at radius 1 is 0.606 bits per heavy atom. The quantitative estimate of drug-likeness (QED) is 0.153. The number of Topliss-reactive ketones (excluding diaryl/α,β-unsaturated/α-hetero) is 3. The van der Waals surface area contributed by atoms with Crippen LogP contribution in [0.15, 0.2) is 117 Å². The van der Waals surface area contributed by atoms with Crippen LogP contribution in [0.4, 0.5) is 26.3 Å². The second-order valence-corrected chi connectivity index (χ2v) is 20.9. The lowest BCUT2D eigenvalue weighted by Crippen LogP contribution is -2.46. The van der Waals surface area contributed by atoms with Crippen molar-refractivity contribution in [2.24, 2.45) is 11.8 Å². The molecule has 0 amide bonds. The second-order valence-electron chi connectivity index (χ2n) is 18.6. The molecule has 66 heavy (non-hydrogen) atoms. The number of ketones is 3. The third-order valence-corrected chi connectivity index (χ3v) is 17.0. The summed E-state index contributed by atoms with van der Waals surface area (Å²) in [6.45, 7) is 0. The number of nitrogens with one attached hydrogen (secondary N) is 2. The Bertz CT molecular complexity index is 2870. The van der Waals surface area contributed by atoms with Crippen molar-refractivity contribution in [1.82, 2.24) is 10.6 Å². The largest absolute Gasteiger partial charge is 0.481 e. The zero-order valence-corrected chi connectivity index (χ0v) is 36.6. The molecule has 5 unspecified atom stereocenters. The minimum absolute atomic E-state index is 0.0244. The van der Waals surface area contributed by atoms with Gasteiger partial charge in [-0.1, -0.05) is 54.6 Å². The number of hydrogen-bond acceptors (Lipinski definition) is 10. The Hall–Kier alpha value is -5.19. The van der Waals surface area contributed by atoms with Gasteiger partial charge in [0.15, 0.2) is 5.78 Å². The zero-order valence-electron chi connectivity index (χ0n) is 35.0. The zero-order chi connectivity index (χ0) is 45.7. The van der Waals surface area contributed by atoms with E-state index in [-0.39, 0.29) is 45.2 Å². The number of carbonyl (C=O) groups excluding carboxylic acids is 3. The van der Waals surface area contributed by atoms with Gasteiger partial charge in [-0.25, -0.2) is 0 Å². The van der Waals surface area contributed by atoms with Crippen LogP contribution < -0.4 is 10.6 Å². The van der Waals surface area contributed by atoms with Crippen molar-refractivity contribution in [3.63, 3.8) is 0 Å². The maximum absolute atomic E-state index is 13.8. The monoisotopic (exact) mass is 942 g/mol. The summed E-state index contributed by atoms with van der Waals surface area (Å²) in [5.41, 5.74) is 0.441. The van der Waals surface area contributed by atoms with Gasteiger partial charge in [0.05, 0.1) is 33.3 Å². The SMILES string of the molecule is O=C1C(=O)c2ccc(C(F)(F)F)cc2/C1=C/C1NC2=C(S1)C1=CC3C=C4OC5(CCCCC5)C5=C(SC(/C=C6/c7cc(C(F)(F)F)ccc7C(=O)C6O)N5)C4=CC3C=C1OC21CCCCC1. The molecule has 8 nitrogen and oxygen atoms in total. The fourth-order valence-electron chi connectivity index (χ4n) is 11.5. The highest BCUT2D eigenvalue weighted by Crippen LogP contribution is 2.59. The minimum atomic E-state index is -4.66. The summed E-state index contributed by atoms with van der Waals surface area (Å²) in [6, 6.07) is 5.71. The number of hydrogen-bond donors (Lipinski definition) is 3. The number of aliphatic hydroxyl groups is 1. The Morgan fingerprint density at radius 2 is 1.09 bits per heavy atom. The first-order valence-electron chi connectivity index (χ1n) is 22.3. The number of benzene rings is 2. The molecule has 4 heterocycles. The van der Waals surface area contributed by atoms with Crippen LogP contribution in [0.1, 0.15) is 107 Å². The highest BCUT2D eigenvalue weighted by atomic mass is 32.2. The van der Waals surface area contributed by atoms with Gasteiger partial charge in [0.1, 0.15) is 28.8 Å². The highest BCUT2D eigenvalue weighted by Gasteiger charge is 2.53. The molecular weight excluding hydrogens is 903 g/mol. The number of alkyl halides is 6. The molecule has 3 N–H and O–H groups in total. The first-order valence-corrected chi connectivity index (χ1v) is 24.1. The van der Waals surface area contributed by atoms with Crippen LogP contribution in [-0.4, -0.2) is 50.5 Å². The van der Waals surface area contributed by atoms with E-state index in [4.69, 9.17) is 9.47 Å². The van der Waals surface area contributed by atoms with Gasteiger partial charge >= 0.3 is 12.4 Å². The molecule has 2 spiro atoms. The molecule has 0 radical (unpaired) electrons. The molecule has 10 aliphatic rings. The summed E-state index contributed by atoms with van der Waals surface area (Å²) >= 11 is 2.95. The van der Waals surface area contributed by atoms with E-state index in [1.807, 2.05) is 0 Å². The molecule has 4 aliphatic heterocycles. The Labute approximate surface area is 383 Å². The fraction of sp³-hybridized carbons (Fsp3) is 0.380. The predicted molar refractivity (Wildman–Crippen MR) is 235 cm³/mol. The summed E-state index contributed by atoms with van der Waals surface area (Å²) in [7, 11) is 0. The molecule has 5 atom stereocenters. The molecule has 0 bridgehead atoms. The lowest BCUT2D eigenvalue weighted by atomic mass is 9.74. The maximum Gasteiger partial charge on any atom is 0.416 e. The van der Waals surface area contributed by atoms with Gasteiger partial charge in [0, 0.05) is 49.5 Å². The van der Waals surface area contributed by atoms with E-state index in [0.717, 1.165) is 139 Å². The highest BCUT2D eigenvalue weighted by molar-refractivity contribution is 8.04. The summed E-state index contributed by atoms with van der Waals surface area (Å²) in [4.78, 5) is 41.3. The van der Waals surface area contributed by atoms with Crippen molar-refractivity contribution in [3.8, 4) is 0 Å². The van der Waals surface area contributed by atoms with Gasteiger partial charge in [-0.2, -0.15) is 26.3 Å². The smallest absolute Gasteiger partial charge is 0.416 e. The lowest BCUT2D eigenvalue weighted by molar-refractivity contribution is -0.138. The molecule has 340 valence electrons. The summed E-state index contributed by atoms with van der Waals surface area (Å²) < 4.78 is 96.9. The van der Waals surface area contributed by atoms with Crippen molar-refractivity contribution in [3.05, 3.63) is 150 Å². The van der Waals surface area contributed by atoms with Crippen LogP contribution in [0.25, 0.3) is 11.1 Å². The van der Waals surface area contributed by atoms with Gasteiger partial charge < -0.3 is 25.2 Å². The van der Waals surface area contributed by atoms with Crippen molar-refractivity contribution < 1.29 is 55.3 Å². The van der Waals surface area contributed by atoms with E-state index in [9.17, 15) is 45.8 Å². The topological polar surface area (TPSA) is 114 Å². The van der Waals surface area contributed by atoms with E-state index in [2.05, 4.69) is 34.9 Å². The van der Waals surface area contributed by atoms with Crippen LogP contribution in [0, 0.1) is 11.8 Å². The standard InChI is InChI=1S/C50H40F6N2O6S2/c51-49(52,53)25-7-9-27-29(19-25)31(41(61)39(27)59)21-37-57-45-43(65-37)33-15-24-18-36-34(16-23(24)17-35(33)63-47(45)11-3-1-4-12-47)44-46(48(64-36)13-5-2-6-14-48)58-38(66-44)22-32-30-20-26(50(54,55)56)8-10-28(30)40(60)42(32)62/h7-10,15-24,37-38,41,57-58,61H,1-6,11-14H2/b31-21-,32-22-. The number of allylic oxidation sites excluding steroid dienone is 7. The average molecular weight is 943 g/mol. The van der Waals surface area contributed by atoms with E-state index in [1.54, 1.807) is 12.2 Å². The third kappa shape index (κ3) is 6.43. The predicted octanol–water partition coefficient (Wildman–Crippen LogP) is 10.6. The Kier molecular flexibility index (Phi) is 9.37. The number of fused-ring (bicyclic) bond motifs is 9. The maximum atomic E-state index is 13.8. The van der Waals surface area contributed by atoms with E-state index >= 15 is 0 Å². The van der Waals surface area contributed by atoms with Crippen LogP contribution in [0.2, 0.25) is 0 Å². The molecule has 0 saturated heterocycles. The van der Waals surface area contributed by atoms with Gasteiger partial charge in [0.2, 0.25) is 11.6 Å². The molecule has 2 saturated carbocycles. The minimum Gasteiger partial charge on any atom is -0.481 e. The first kappa shape index (κ1) is 42.2. The third-order valence-electron chi connectivity index (χ3n) is 14.7. The van der Waals surface area contributed by atoms with Crippen LogP contribution in [-0.2, 0) is 26.6 Å².